The molecule has 0 atom stereocenters. The van der Waals surface area contributed by atoms with E-state index in [-0.39, 0.29) is 39.2 Å². The first-order valence-electron chi connectivity index (χ1n) is 0.730. The Morgan fingerprint density at radius 3 is 1.14 bits per heavy atom. The average Bonchev–Trinajstić information content (AvgIpc) is 0.722. The summed E-state index contributed by atoms with van der Waals surface area (Å²) in [6.07, 6.45) is 0. The van der Waals surface area contributed by atoms with Crippen LogP contribution < -0.4 is 14.7 Å². The molecule has 4 nitrogen and oxygen atoms in total. The van der Waals surface area contributed by atoms with Gasteiger partial charge in [-0.1, -0.05) is 0 Å². The van der Waals surface area contributed by atoms with Crippen LogP contribution >= 0.6 is 7.82 Å². The van der Waals surface area contributed by atoms with Crippen molar-refractivity contribution < 1.29 is 58.4 Å². The van der Waals surface area contributed by atoms with Crippen LogP contribution in [0.2, 0.25) is 0 Å². The zero-order valence-corrected chi connectivity index (χ0v) is 6.13. The molecule has 0 N–H and O–H groups in total. The molecule has 0 bridgehead atoms. The van der Waals surface area contributed by atoms with Gasteiger partial charge in [-0.2, -0.15) is 7.82 Å². The van der Waals surface area contributed by atoms with Crippen molar-refractivity contribution in [2.24, 2.45) is 0 Å². The van der Waals surface area contributed by atoms with Crippen LogP contribution in [0.25, 0.3) is 0 Å². The standard InChI is InChI=1S/Ag.Co.H3O4P/c;;1-5(2,3)4/h;;(H3,1,2,3,4)/q+1;+2;/p-3. The van der Waals surface area contributed by atoms with Crippen LogP contribution in [0.5, 0.6) is 0 Å². The molecule has 0 fully saturated rings. The van der Waals surface area contributed by atoms with E-state index in [9.17, 15) is 0 Å². The molecule has 0 heterocycles. The second-order valence-corrected chi connectivity index (χ2v) is 1.34. The van der Waals surface area contributed by atoms with Crippen molar-refractivity contribution in [1.29, 1.82) is 0 Å². The fraction of sp³-hybridized carbons (Fsp3) is 0. The summed E-state index contributed by atoms with van der Waals surface area (Å²) in [7, 11) is -5.39. The molecule has 0 rings (SSSR count). The third kappa shape index (κ3) is 115. The topological polar surface area (TPSA) is 86.2 Å². The fourth-order valence-electron chi connectivity index (χ4n) is 0. The monoisotopic (exact) mass is 261 g/mol. The third-order valence-electron chi connectivity index (χ3n) is 0. The number of hydrogen-bond donors (Lipinski definition) is 0. The molecule has 0 aromatic rings. The molecule has 0 saturated carbocycles. The maximum absolute atomic E-state index is 8.55. The predicted octanol–water partition coefficient (Wildman–Crippen LogP) is -2.83. The van der Waals surface area contributed by atoms with E-state index < -0.39 is 7.82 Å². The molecule has 0 aromatic carbocycles. The van der Waals surface area contributed by atoms with Crippen molar-refractivity contribution in [3.8, 4) is 0 Å². The summed E-state index contributed by atoms with van der Waals surface area (Å²) < 4.78 is 8.55. The maximum atomic E-state index is 8.55. The second-order valence-electron chi connectivity index (χ2n) is 0.447. The van der Waals surface area contributed by atoms with Crippen LogP contribution in [0.15, 0.2) is 0 Å². The number of phosphoric acid groups is 1. The summed E-state index contributed by atoms with van der Waals surface area (Å²) in [5, 5.41) is 0. The molecule has 49 valence electrons. The zero-order chi connectivity index (χ0) is 4.50. The minimum Gasteiger partial charge on any atom is -0.822 e. The van der Waals surface area contributed by atoms with E-state index in [1.165, 1.54) is 0 Å². The van der Waals surface area contributed by atoms with E-state index in [0.29, 0.717) is 0 Å². The van der Waals surface area contributed by atoms with E-state index in [1.807, 2.05) is 0 Å². The van der Waals surface area contributed by atoms with Gasteiger partial charge in [-0.3, -0.25) is 0 Å². The van der Waals surface area contributed by atoms with Crippen LogP contribution in [0.3, 0.4) is 0 Å². The molecule has 1 radical (unpaired) electrons. The van der Waals surface area contributed by atoms with Crippen molar-refractivity contribution in [2.75, 3.05) is 0 Å². The Labute approximate surface area is 66.3 Å². The summed E-state index contributed by atoms with van der Waals surface area (Å²) in [4.78, 5) is 25.6. The SMILES string of the molecule is O=P([O-])([O-])[O-].[Ag+].[Co+2]. The van der Waals surface area contributed by atoms with E-state index in [1.54, 1.807) is 0 Å². The van der Waals surface area contributed by atoms with Crippen molar-refractivity contribution >= 4 is 7.82 Å². The molecular formula is AgCoO4P. The van der Waals surface area contributed by atoms with Gasteiger partial charge in [0.15, 0.2) is 0 Å². The van der Waals surface area contributed by atoms with Crippen molar-refractivity contribution in [3.05, 3.63) is 0 Å². The summed E-state index contributed by atoms with van der Waals surface area (Å²) in [6.45, 7) is 0. The minimum atomic E-state index is -5.39. The van der Waals surface area contributed by atoms with Gasteiger partial charge in [-0.15, -0.1) is 0 Å². The van der Waals surface area contributed by atoms with Gasteiger partial charge in [-0.25, -0.2) is 0 Å². The molecule has 0 aliphatic heterocycles. The first-order valence-corrected chi connectivity index (χ1v) is 2.19. The van der Waals surface area contributed by atoms with Crippen molar-refractivity contribution in [1.82, 2.24) is 0 Å². The van der Waals surface area contributed by atoms with E-state index >= 15 is 0 Å². The summed E-state index contributed by atoms with van der Waals surface area (Å²) in [5.41, 5.74) is 0. The number of hydrogen-bond acceptors (Lipinski definition) is 4. The molecule has 0 amide bonds. The van der Waals surface area contributed by atoms with Crippen LogP contribution in [-0.2, 0) is 43.7 Å². The molecule has 0 spiro atoms. The van der Waals surface area contributed by atoms with Gasteiger partial charge in [-0.05, 0) is 0 Å². The smallest absolute Gasteiger partial charge is 0.822 e. The van der Waals surface area contributed by atoms with Crippen molar-refractivity contribution in [2.45, 2.75) is 0 Å². The first-order chi connectivity index (χ1) is 2.00. The Bertz CT molecular complexity index is 57.8. The van der Waals surface area contributed by atoms with E-state index in [0.717, 1.165) is 0 Å². The molecule has 0 saturated heterocycles. The van der Waals surface area contributed by atoms with Crippen LogP contribution in [-0.4, -0.2) is 0 Å². The van der Waals surface area contributed by atoms with Crippen LogP contribution in [0, 0.1) is 0 Å². The molecule has 0 aliphatic rings. The zero-order valence-electron chi connectivity index (χ0n) is 2.72. The maximum Gasteiger partial charge on any atom is 2.00 e. The second kappa shape index (κ2) is 5.49. The molecule has 7 heteroatoms. The first kappa shape index (κ1) is 15.8. The van der Waals surface area contributed by atoms with E-state index in [4.69, 9.17) is 19.2 Å². The Morgan fingerprint density at radius 2 is 1.14 bits per heavy atom. The summed E-state index contributed by atoms with van der Waals surface area (Å²) in [6, 6.07) is 0. The summed E-state index contributed by atoms with van der Waals surface area (Å²) in [5.74, 6) is 0. The largest absolute Gasteiger partial charge is 2.00 e. The molecule has 7 heavy (non-hydrogen) atoms. The van der Waals surface area contributed by atoms with Gasteiger partial charge in [0.1, 0.15) is 0 Å². The van der Waals surface area contributed by atoms with E-state index in [2.05, 4.69) is 0 Å². The van der Waals surface area contributed by atoms with Gasteiger partial charge in [0.25, 0.3) is 0 Å². The summed E-state index contributed by atoms with van der Waals surface area (Å²) >= 11 is 0. The Balaban J connectivity index is -0.0000000800. The van der Waals surface area contributed by atoms with Gasteiger partial charge in [0.2, 0.25) is 0 Å². The quantitative estimate of drug-likeness (QED) is 0.348. The van der Waals surface area contributed by atoms with Gasteiger partial charge < -0.3 is 19.2 Å². The number of rotatable bonds is 0. The molecule has 0 unspecified atom stereocenters. The Kier molecular flexibility index (Phi) is 12.4. The fourth-order valence-corrected chi connectivity index (χ4v) is 0. The Hall–Kier alpha value is 1.36. The third-order valence-corrected chi connectivity index (χ3v) is 0. The van der Waals surface area contributed by atoms with Gasteiger partial charge in [0.05, 0.1) is 0 Å². The van der Waals surface area contributed by atoms with Crippen LogP contribution in [0.4, 0.5) is 0 Å². The minimum absolute atomic E-state index is 0. The van der Waals surface area contributed by atoms with Gasteiger partial charge >= 0.3 is 39.2 Å². The normalized spacial score (nSPS) is 8.43. The average molecular weight is 262 g/mol. The molecule has 0 aromatic heterocycles. The van der Waals surface area contributed by atoms with Crippen LogP contribution in [0.1, 0.15) is 0 Å². The van der Waals surface area contributed by atoms with Crippen molar-refractivity contribution in [3.63, 3.8) is 0 Å². The predicted molar refractivity (Wildman–Crippen MR) is 7.61 cm³/mol. The molecular weight excluding hydrogens is 262 g/mol. The van der Waals surface area contributed by atoms with Gasteiger partial charge in [0, 0.05) is 0 Å². The Morgan fingerprint density at radius 1 is 1.14 bits per heavy atom. The molecule has 0 aliphatic carbocycles.